The number of rotatable bonds is 5. The van der Waals surface area contributed by atoms with E-state index in [0.29, 0.717) is 16.2 Å². The van der Waals surface area contributed by atoms with E-state index in [1.54, 1.807) is 18.2 Å². The molecule has 0 bridgehead atoms. The highest BCUT2D eigenvalue weighted by atomic mass is 32.1. The minimum Gasteiger partial charge on any atom is -0.375 e. The predicted molar refractivity (Wildman–Crippen MR) is 78.3 cm³/mol. The molecule has 0 aliphatic carbocycles. The summed E-state index contributed by atoms with van der Waals surface area (Å²) in [5.41, 5.74) is 16.7. The standard InChI is InChI=1S/C12H13N5O3S/c13-9(18)4-17(5-10(14)19)11(20)6-1-2-7-8(3-6)21-12(15)16-7/h1-3H,4-5H2,(H2,13,18)(H2,14,19)(H2,15,16). The van der Waals surface area contributed by atoms with Gasteiger partial charge in [-0.15, -0.1) is 0 Å². The quantitative estimate of drug-likeness (QED) is 0.668. The summed E-state index contributed by atoms with van der Waals surface area (Å²) < 4.78 is 0.733. The van der Waals surface area contributed by atoms with Crippen LogP contribution in [0.5, 0.6) is 0 Å². The van der Waals surface area contributed by atoms with Crippen molar-refractivity contribution in [3.8, 4) is 0 Å². The molecule has 0 atom stereocenters. The highest BCUT2D eigenvalue weighted by Gasteiger charge is 2.20. The number of fused-ring (bicyclic) bond motifs is 1. The van der Waals surface area contributed by atoms with Gasteiger partial charge >= 0.3 is 0 Å². The molecule has 0 radical (unpaired) electrons. The van der Waals surface area contributed by atoms with Crippen LogP contribution in [0.4, 0.5) is 5.13 Å². The topological polar surface area (TPSA) is 145 Å². The number of carbonyl (C=O) groups is 3. The number of benzene rings is 1. The maximum atomic E-state index is 12.3. The van der Waals surface area contributed by atoms with E-state index in [4.69, 9.17) is 17.2 Å². The molecule has 1 aromatic heterocycles. The molecule has 1 aromatic carbocycles. The second kappa shape index (κ2) is 5.75. The van der Waals surface area contributed by atoms with Crippen LogP contribution in [0.1, 0.15) is 10.4 Å². The number of amides is 3. The average molecular weight is 307 g/mol. The van der Waals surface area contributed by atoms with Crippen molar-refractivity contribution < 1.29 is 14.4 Å². The van der Waals surface area contributed by atoms with E-state index in [2.05, 4.69) is 4.98 Å². The Kier molecular flexibility index (Phi) is 4.03. The Bertz CT molecular complexity index is 711. The highest BCUT2D eigenvalue weighted by molar-refractivity contribution is 7.22. The number of thiazole rings is 1. The van der Waals surface area contributed by atoms with Gasteiger partial charge in [-0.05, 0) is 18.2 Å². The first-order valence-corrected chi connectivity index (χ1v) is 6.70. The Morgan fingerprint density at radius 3 is 2.33 bits per heavy atom. The third-order valence-corrected chi connectivity index (χ3v) is 3.48. The molecule has 110 valence electrons. The first-order valence-electron chi connectivity index (χ1n) is 5.89. The maximum Gasteiger partial charge on any atom is 0.254 e. The van der Waals surface area contributed by atoms with Crippen LogP contribution in [0.15, 0.2) is 18.2 Å². The van der Waals surface area contributed by atoms with E-state index in [1.807, 2.05) is 0 Å². The number of carbonyl (C=O) groups excluding carboxylic acids is 3. The lowest BCUT2D eigenvalue weighted by Gasteiger charge is -2.19. The molecule has 8 nitrogen and oxygen atoms in total. The van der Waals surface area contributed by atoms with Crippen molar-refractivity contribution in [2.45, 2.75) is 0 Å². The Balaban J connectivity index is 2.32. The van der Waals surface area contributed by atoms with E-state index >= 15 is 0 Å². The van der Waals surface area contributed by atoms with Crippen molar-refractivity contribution in [2.75, 3.05) is 18.8 Å². The summed E-state index contributed by atoms with van der Waals surface area (Å²) >= 11 is 1.24. The molecule has 9 heteroatoms. The van der Waals surface area contributed by atoms with E-state index in [1.165, 1.54) is 11.3 Å². The summed E-state index contributed by atoms with van der Waals surface area (Å²) in [4.78, 5) is 39.4. The van der Waals surface area contributed by atoms with Crippen LogP contribution in [-0.4, -0.2) is 40.7 Å². The van der Waals surface area contributed by atoms with Crippen molar-refractivity contribution in [2.24, 2.45) is 11.5 Å². The maximum absolute atomic E-state index is 12.3. The summed E-state index contributed by atoms with van der Waals surface area (Å²) in [6.45, 7) is -0.769. The Morgan fingerprint density at radius 2 is 1.76 bits per heavy atom. The smallest absolute Gasteiger partial charge is 0.254 e. The molecule has 0 unspecified atom stereocenters. The van der Waals surface area contributed by atoms with Gasteiger partial charge in [0.1, 0.15) is 13.1 Å². The molecule has 0 aliphatic heterocycles. The van der Waals surface area contributed by atoms with Gasteiger partial charge in [0.2, 0.25) is 11.8 Å². The lowest BCUT2D eigenvalue weighted by Crippen LogP contribution is -2.43. The van der Waals surface area contributed by atoms with Crippen LogP contribution in [0.3, 0.4) is 0 Å². The number of aromatic nitrogens is 1. The molecule has 2 aromatic rings. The Morgan fingerprint density at radius 1 is 1.14 bits per heavy atom. The van der Waals surface area contributed by atoms with E-state index in [-0.39, 0.29) is 13.1 Å². The summed E-state index contributed by atoms with van der Waals surface area (Å²) in [5.74, 6) is -1.97. The van der Waals surface area contributed by atoms with Crippen LogP contribution in [0, 0.1) is 0 Å². The zero-order chi connectivity index (χ0) is 15.6. The number of primary amides is 2. The zero-order valence-corrected chi connectivity index (χ0v) is 11.7. The van der Waals surface area contributed by atoms with Crippen molar-refractivity contribution in [3.63, 3.8) is 0 Å². The fourth-order valence-electron chi connectivity index (χ4n) is 1.83. The summed E-state index contributed by atoms with van der Waals surface area (Å²) in [6.07, 6.45) is 0. The van der Waals surface area contributed by atoms with Crippen LogP contribution in [0.2, 0.25) is 0 Å². The summed E-state index contributed by atoms with van der Waals surface area (Å²) in [6, 6.07) is 4.78. The molecule has 2 rings (SSSR count). The molecule has 0 fully saturated rings. The fraction of sp³-hybridized carbons (Fsp3) is 0.167. The van der Waals surface area contributed by atoms with Gasteiger partial charge in [0.05, 0.1) is 10.2 Å². The zero-order valence-electron chi connectivity index (χ0n) is 10.9. The van der Waals surface area contributed by atoms with Crippen molar-refractivity contribution >= 4 is 44.4 Å². The molecule has 3 amide bonds. The first-order chi connectivity index (χ1) is 9.86. The first kappa shape index (κ1) is 14.7. The van der Waals surface area contributed by atoms with Crippen LogP contribution in [0.25, 0.3) is 10.2 Å². The third-order valence-electron chi connectivity index (χ3n) is 2.63. The number of anilines is 1. The number of hydrogen-bond donors (Lipinski definition) is 3. The molecule has 6 N–H and O–H groups in total. The summed E-state index contributed by atoms with van der Waals surface area (Å²) in [7, 11) is 0. The molecule has 21 heavy (non-hydrogen) atoms. The molecule has 0 aliphatic rings. The van der Waals surface area contributed by atoms with Gasteiger partial charge in [0, 0.05) is 5.56 Å². The lowest BCUT2D eigenvalue weighted by atomic mass is 10.2. The summed E-state index contributed by atoms with van der Waals surface area (Å²) in [5, 5.41) is 0.390. The largest absolute Gasteiger partial charge is 0.375 e. The van der Waals surface area contributed by atoms with E-state index in [9.17, 15) is 14.4 Å². The second-order valence-corrected chi connectivity index (χ2v) is 5.39. The van der Waals surface area contributed by atoms with Crippen molar-refractivity contribution in [1.82, 2.24) is 9.88 Å². The van der Waals surface area contributed by atoms with Crippen LogP contribution in [-0.2, 0) is 9.59 Å². The van der Waals surface area contributed by atoms with Gasteiger partial charge in [0.25, 0.3) is 5.91 Å². The van der Waals surface area contributed by atoms with Gasteiger partial charge in [-0.2, -0.15) is 0 Å². The van der Waals surface area contributed by atoms with Gasteiger partial charge < -0.3 is 22.1 Å². The predicted octanol–water partition coefficient (Wildman–Crippen LogP) is -0.709. The number of hydrogen-bond acceptors (Lipinski definition) is 6. The average Bonchev–Trinajstić information content (AvgIpc) is 2.74. The van der Waals surface area contributed by atoms with Gasteiger partial charge in [-0.25, -0.2) is 4.98 Å². The minimum atomic E-state index is -0.729. The van der Waals surface area contributed by atoms with Gasteiger partial charge in [0.15, 0.2) is 5.13 Å². The number of nitrogens with two attached hydrogens (primary N) is 3. The Hall–Kier alpha value is -2.68. The normalized spacial score (nSPS) is 10.5. The van der Waals surface area contributed by atoms with Crippen LogP contribution < -0.4 is 17.2 Å². The van der Waals surface area contributed by atoms with Crippen LogP contribution >= 0.6 is 11.3 Å². The SMILES string of the molecule is NC(=O)CN(CC(N)=O)C(=O)c1ccc2nc(N)sc2c1. The molecule has 1 heterocycles. The van der Waals surface area contributed by atoms with Gasteiger partial charge in [-0.1, -0.05) is 11.3 Å². The molecule has 0 saturated heterocycles. The Labute approximate surface area is 123 Å². The monoisotopic (exact) mass is 307 g/mol. The molecule has 0 spiro atoms. The molecular formula is C12H13N5O3S. The third kappa shape index (κ3) is 3.45. The molecule has 0 saturated carbocycles. The van der Waals surface area contributed by atoms with E-state index in [0.717, 1.165) is 9.60 Å². The van der Waals surface area contributed by atoms with E-state index < -0.39 is 17.7 Å². The van der Waals surface area contributed by atoms with Crippen molar-refractivity contribution in [1.29, 1.82) is 0 Å². The highest BCUT2D eigenvalue weighted by Crippen LogP contribution is 2.25. The second-order valence-electron chi connectivity index (χ2n) is 4.33. The number of nitrogens with zero attached hydrogens (tertiary/aromatic N) is 2. The van der Waals surface area contributed by atoms with Gasteiger partial charge in [-0.3, -0.25) is 14.4 Å². The lowest BCUT2D eigenvalue weighted by molar-refractivity contribution is -0.121. The molecular weight excluding hydrogens is 294 g/mol. The fourth-order valence-corrected chi connectivity index (χ4v) is 2.61. The minimum absolute atomic E-state index is 0.300. The number of nitrogen functional groups attached to an aromatic ring is 1. The van der Waals surface area contributed by atoms with Crippen molar-refractivity contribution in [3.05, 3.63) is 23.8 Å².